The number of carbonyl (C=O) groups excluding carboxylic acids is 1. The molecule has 5 nitrogen and oxygen atoms in total. The number of benzene rings is 3. The minimum absolute atomic E-state index is 0.00209. The van der Waals surface area contributed by atoms with Gasteiger partial charge in [0, 0.05) is 6.42 Å². The molecule has 0 bridgehead atoms. The van der Waals surface area contributed by atoms with Crippen LogP contribution in [0.4, 0.5) is 11.4 Å². The van der Waals surface area contributed by atoms with E-state index in [-0.39, 0.29) is 5.91 Å². The van der Waals surface area contributed by atoms with Crippen molar-refractivity contribution < 1.29 is 9.63 Å². The van der Waals surface area contributed by atoms with Gasteiger partial charge in [-0.15, -0.1) is 0 Å². The lowest BCUT2D eigenvalue weighted by Gasteiger charge is -2.09. The lowest BCUT2D eigenvalue weighted by molar-refractivity contribution is -0.116. The van der Waals surface area contributed by atoms with Crippen molar-refractivity contribution in [1.29, 1.82) is 0 Å². The van der Waals surface area contributed by atoms with E-state index in [0.29, 0.717) is 17.8 Å². The van der Waals surface area contributed by atoms with Crippen molar-refractivity contribution in [2.45, 2.75) is 38.5 Å². The quantitative estimate of drug-likeness (QED) is 0.163. The van der Waals surface area contributed by atoms with E-state index in [1.165, 1.54) is 5.56 Å². The zero-order valence-electron chi connectivity index (χ0n) is 18.6. The third kappa shape index (κ3) is 6.98. The first-order valence-electron chi connectivity index (χ1n) is 11.1. The van der Waals surface area contributed by atoms with Crippen molar-refractivity contribution in [3.63, 3.8) is 0 Å². The number of carbonyl (C=O) groups is 1. The molecule has 1 amide bonds. The highest BCUT2D eigenvalue weighted by Crippen LogP contribution is 2.22. The molecule has 3 N–H and O–H groups in total. The van der Waals surface area contributed by atoms with Crippen molar-refractivity contribution in [1.82, 2.24) is 0 Å². The molecule has 0 unspecified atom stereocenters. The van der Waals surface area contributed by atoms with Gasteiger partial charge in [-0.1, -0.05) is 78.7 Å². The number of oxime groups is 1. The summed E-state index contributed by atoms with van der Waals surface area (Å²) in [5, 5.41) is 7.15. The number of nitrogens with zero attached hydrogens (tertiary/aromatic N) is 1. The smallest absolute Gasteiger partial charge is 0.224 e. The number of nitrogen functional groups attached to an aromatic ring is 1. The van der Waals surface area contributed by atoms with Crippen molar-refractivity contribution in [3.05, 3.63) is 84.4 Å². The second-order valence-electron chi connectivity index (χ2n) is 7.72. The fourth-order valence-corrected chi connectivity index (χ4v) is 3.62. The van der Waals surface area contributed by atoms with E-state index in [2.05, 4.69) is 46.9 Å². The summed E-state index contributed by atoms with van der Waals surface area (Å²) < 4.78 is 0. The summed E-state index contributed by atoms with van der Waals surface area (Å²) in [5.41, 5.74) is 11.5. The highest BCUT2D eigenvalue weighted by molar-refractivity contribution is 6.01. The van der Waals surface area contributed by atoms with E-state index in [1.807, 2.05) is 36.4 Å². The van der Waals surface area contributed by atoms with Crippen LogP contribution >= 0.6 is 0 Å². The van der Waals surface area contributed by atoms with Crippen molar-refractivity contribution in [2.24, 2.45) is 5.16 Å². The van der Waals surface area contributed by atoms with E-state index < -0.39 is 0 Å². The number of unbranched alkanes of at least 4 members (excludes halogenated alkanes) is 3. The van der Waals surface area contributed by atoms with E-state index in [4.69, 9.17) is 10.6 Å². The van der Waals surface area contributed by atoms with Crippen molar-refractivity contribution in [2.75, 3.05) is 18.2 Å². The summed E-state index contributed by atoms with van der Waals surface area (Å²) in [5.74, 6) is 0.00209. The van der Waals surface area contributed by atoms with Gasteiger partial charge in [0.25, 0.3) is 0 Å². The molecular formula is C27H31N3O2. The predicted molar refractivity (Wildman–Crippen MR) is 133 cm³/mol. The molecule has 3 aromatic rings. The Labute approximate surface area is 190 Å². The van der Waals surface area contributed by atoms with Crippen LogP contribution in [-0.4, -0.2) is 18.7 Å². The van der Waals surface area contributed by atoms with Crippen LogP contribution in [0.1, 0.15) is 44.1 Å². The monoisotopic (exact) mass is 429 g/mol. The summed E-state index contributed by atoms with van der Waals surface area (Å²) in [6.07, 6.45) is 5.18. The molecule has 0 spiro atoms. The van der Waals surface area contributed by atoms with Gasteiger partial charge in [-0.05, 0) is 54.2 Å². The zero-order valence-corrected chi connectivity index (χ0v) is 18.6. The molecule has 0 atom stereocenters. The fourth-order valence-electron chi connectivity index (χ4n) is 3.62. The number of rotatable bonds is 11. The number of hydrogen-bond donors (Lipinski definition) is 2. The predicted octanol–water partition coefficient (Wildman–Crippen LogP) is 6.27. The van der Waals surface area contributed by atoms with Gasteiger partial charge in [-0.25, -0.2) is 0 Å². The lowest BCUT2D eigenvalue weighted by Crippen LogP contribution is -2.12. The summed E-state index contributed by atoms with van der Waals surface area (Å²) in [4.78, 5) is 17.2. The first-order chi connectivity index (χ1) is 15.7. The standard InChI is InChI=1S/C27H31N3O2/c1-32-30-25(23-15-11-14-22(20-23)21-12-5-4-6-13-21)17-7-2-3-8-19-27(31)29-26-18-10-9-16-24(26)28/h4-6,9-16,18,20H,2-3,7-8,17,19,28H2,1H3,(H,29,31)/b30-25+. The Bertz CT molecular complexity index is 1030. The van der Waals surface area contributed by atoms with Crippen LogP contribution in [0.25, 0.3) is 11.1 Å². The molecule has 32 heavy (non-hydrogen) atoms. The van der Waals surface area contributed by atoms with E-state index in [1.54, 1.807) is 13.2 Å². The molecule has 0 aliphatic carbocycles. The fraction of sp³-hybridized carbons (Fsp3) is 0.259. The van der Waals surface area contributed by atoms with Gasteiger partial charge in [0.1, 0.15) is 7.11 Å². The van der Waals surface area contributed by atoms with Crippen LogP contribution in [0.15, 0.2) is 84.0 Å². The number of hydrogen-bond acceptors (Lipinski definition) is 4. The average Bonchev–Trinajstić information content (AvgIpc) is 2.82. The second kappa shape index (κ2) is 12.3. The summed E-state index contributed by atoms with van der Waals surface area (Å²) in [6, 6.07) is 26.0. The topological polar surface area (TPSA) is 76.7 Å². The molecule has 3 rings (SSSR count). The normalized spacial score (nSPS) is 11.2. The molecule has 5 heteroatoms. The third-order valence-corrected chi connectivity index (χ3v) is 5.31. The van der Waals surface area contributed by atoms with Crippen LogP contribution in [0.3, 0.4) is 0 Å². The molecule has 3 aromatic carbocycles. The maximum Gasteiger partial charge on any atom is 0.224 e. The van der Waals surface area contributed by atoms with Crippen molar-refractivity contribution in [3.8, 4) is 11.1 Å². The van der Waals surface area contributed by atoms with Gasteiger partial charge in [-0.3, -0.25) is 4.79 Å². The molecular weight excluding hydrogens is 398 g/mol. The first-order valence-corrected chi connectivity index (χ1v) is 11.1. The Morgan fingerprint density at radius 3 is 2.28 bits per heavy atom. The first kappa shape index (κ1) is 23.1. The largest absolute Gasteiger partial charge is 0.399 e. The highest BCUT2D eigenvalue weighted by Gasteiger charge is 2.08. The molecule has 166 valence electrons. The molecule has 0 aliphatic rings. The number of nitrogens with one attached hydrogen (secondary N) is 1. The summed E-state index contributed by atoms with van der Waals surface area (Å²) in [7, 11) is 1.58. The molecule has 0 aliphatic heterocycles. The third-order valence-electron chi connectivity index (χ3n) is 5.31. The summed E-state index contributed by atoms with van der Waals surface area (Å²) in [6.45, 7) is 0. The molecule has 0 radical (unpaired) electrons. The maximum absolute atomic E-state index is 12.1. The average molecular weight is 430 g/mol. The van der Waals surface area contributed by atoms with Gasteiger partial charge < -0.3 is 15.9 Å². The molecule has 0 fully saturated rings. The molecule has 0 heterocycles. The Hall–Kier alpha value is -3.60. The number of amides is 1. The van der Waals surface area contributed by atoms with Crippen LogP contribution in [0.5, 0.6) is 0 Å². The minimum atomic E-state index is 0.00209. The van der Waals surface area contributed by atoms with Crippen LogP contribution in [-0.2, 0) is 9.63 Å². The Morgan fingerprint density at radius 2 is 1.53 bits per heavy atom. The highest BCUT2D eigenvalue weighted by atomic mass is 16.6. The Kier molecular flexibility index (Phi) is 8.87. The van der Waals surface area contributed by atoms with Gasteiger partial charge >= 0.3 is 0 Å². The Morgan fingerprint density at radius 1 is 0.844 bits per heavy atom. The zero-order chi connectivity index (χ0) is 22.6. The van der Waals surface area contributed by atoms with E-state index in [9.17, 15) is 4.79 Å². The molecule has 0 saturated carbocycles. The van der Waals surface area contributed by atoms with Gasteiger partial charge in [0.2, 0.25) is 5.91 Å². The second-order valence-corrected chi connectivity index (χ2v) is 7.72. The Balaban J connectivity index is 1.44. The van der Waals surface area contributed by atoms with Crippen LogP contribution in [0.2, 0.25) is 0 Å². The lowest BCUT2D eigenvalue weighted by atomic mass is 9.98. The van der Waals surface area contributed by atoms with E-state index >= 15 is 0 Å². The van der Waals surface area contributed by atoms with Gasteiger partial charge in [0.05, 0.1) is 17.1 Å². The molecule has 0 saturated heterocycles. The van der Waals surface area contributed by atoms with Gasteiger partial charge in [-0.2, -0.15) is 0 Å². The minimum Gasteiger partial charge on any atom is -0.399 e. The summed E-state index contributed by atoms with van der Waals surface area (Å²) >= 11 is 0. The maximum atomic E-state index is 12.1. The van der Waals surface area contributed by atoms with Gasteiger partial charge in [0.15, 0.2) is 0 Å². The van der Waals surface area contributed by atoms with Crippen LogP contribution < -0.4 is 11.1 Å². The molecule has 0 aromatic heterocycles. The van der Waals surface area contributed by atoms with E-state index in [0.717, 1.165) is 48.9 Å². The number of anilines is 2. The van der Waals surface area contributed by atoms with Crippen molar-refractivity contribution >= 4 is 23.0 Å². The van der Waals surface area contributed by atoms with Crippen LogP contribution in [0, 0.1) is 0 Å². The number of nitrogens with two attached hydrogens (primary N) is 1. The SMILES string of the molecule is CO/N=C(\CCCCCCC(=O)Nc1ccccc1N)c1cccc(-c2ccccc2)c1. The number of para-hydroxylation sites is 2.